The molecule has 1 aliphatic rings. The number of nitrogen functional groups attached to an aromatic ring is 1. The van der Waals surface area contributed by atoms with Crippen molar-refractivity contribution in [2.45, 2.75) is 18.6 Å². The fourth-order valence-corrected chi connectivity index (χ4v) is 2.71. The van der Waals surface area contributed by atoms with Gasteiger partial charge in [0.2, 0.25) is 0 Å². The van der Waals surface area contributed by atoms with Crippen LogP contribution in [-0.4, -0.2) is 17.1 Å². The predicted octanol–water partition coefficient (Wildman–Crippen LogP) is 1.80. The third-order valence-electron chi connectivity index (χ3n) is 3.75. The lowest BCUT2D eigenvalue weighted by molar-refractivity contribution is 0.0859. The molecule has 21 heavy (non-hydrogen) atoms. The molecule has 4 nitrogen and oxygen atoms in total. The molecular formula is C16H15FN2O2. The van der Waals surface area contributed by atoms with Crippen LogP contribution in [0.25, 0.3) is 0 Å². The number of amides is 1. The van der Waals surface area contributed by atoms with Gasteiger partial charge in [-0.15, -0.1) is 0 Å². The molecule has 2 atom stereocenters. The second-order valence-corrected chi connectivity index (χ2v) is 5.15. The number of benzene rings is 2. The van der Waals surface area contributed by atoms with Crippen LogP contribution in [0.1, 0.15) is 27.5 Å². The summed E-state index contributed by atoms with van der Waals surface area (Å²) in [5, 5.41) is 12.9. The molecule has 0 spiro atoms. The van der Waals surface area contributed by atoms with Crippen molar-refractivity contribution in [3.05, 3.63) is 65.0 Å². The van der Waals surface area contributed by atoms with Gasteiger partial charge < -0.3 is 16.2 Å². The highest BCUT2D eigenvalue weighted by atomic mass is 19.1. The number of aliphatic hydroxyl groups excluding tert-OH is 1. The molecule has 0 saturated carbocycles. The van der Waals surface area contributed by atoms with Crippen molar-refractivity contribution in [1.82, 2.24) is 5.32 Å². The van der Waals surface area contributed by atoms with E-state index in [1.807, 2.05) is 24.3 Å². The smallest absolute Gasteiger partial charge is 0.253 e. The van der Waals surface area contributed by atoms with E-state index < -0.39 is 23.9 Å². The van der Waals surface area contributed by atoms with Gasteiger partial charge in [0.15, 0.2) is 0 Å². The molecule has 0 saturated heterocycles. The molecule has 2 aromatic carbocycles. The molecule has 1 amide bonds. The molecule has 3 rings (SSSR count). The maximum Gasteiger partial charge on any atom is 0.253 e. The summed E-state index contributed by atoms with van der Waals surface area (Å²) in [6, 6.07) is 10.7. The summed E-state index contributed by atoms with van der Waals surface area (Å²) in [4.78, 5) is 12.3. The summed E-state index contributed by atoms with van der Waals surface area (Å²) >= 11 is 0. The number of hydrogen-bond donors (Lipinski definition) is 3. The van der Waals surface area contributed by atoms with Crippen molar-refractivity contribution in [3.8, 4) is 0 Å². The maximum atomic E-state index is 13.0. The van der Waals surface area contributed by atoms with E-state index in [1.165, 1.54) is 12.1 Å². The standard InChI is InChI=1S/C16H15FN2O2/c17-10-5-6-12(13(18)8-10)16(21)19-15-11-4-2-1-3-9(11)7-14(15)20/h1-6,8,14-15,20H,7,18H2,(H,19,21)/t14-,15+/m1/s1. The summed E-state index contributed by atoms with van der Waals surface area (Å²) in [5.74, 6) is -0.913. The number of fused-ring (bicyclic) bond motifs is 1. The van der Waals surface area contributed by atoms with Crippen LogP contribution >= 0.6 is 0 Å². The highest BCUT2D eigenvalue weighted by Gasteiger charge is 2.32. The van der Waals surface area contributed by atoms with Crippen LogP contribution in [0.2, 0.25) is 0 Å². The SMILES string of the molecule is Nc1cc(F)ccc1C(=O)N[C@H]1c2ccccc2C[C@H]1O. The highest BCUT2D eigenvalue weighted by Crippen LogP contribution is 2.31. The zero-order chi connectivity index (χ0) is 15.0. The van der Waals surface area contributed by atoms with Crippen LogP contribution in [0, 0.1) is 5.82 Å². The van der Waals surface area contributed by atoms with Crippen molar-refractivity contribution in [2.75, 3.05) is 5.73 Å². The molecule has 5 heteroatoms. The van der Waals surface area contributed by atoms with Gasteiger partial charge >= 0.3 is 0 Å². The maximum absolute atomic E-state index is 13.0. The Labute approximate surface area is 121 Å². The molecule has 0 bridgehead atoms. The minimum atomic E-state index is -0.673. The molecule has 1 aliphatic carbocycles. The van der Waals surface area contributed by atoms with Crippen molar-refractivity contribution >= 4 is 11.6 Å². The Morgan fingerprint density at radius 2 is 2.05 bits per heavy atom. The van der Waals surface area contributed by atoms with E-state index in [1.54, 1.807) is 0 Å². The Morgan fingerprint density at radius 3 is 2.81 bits per heavy atom. The topological polar surface area (TPSA) is 75.4 Å². The normalized spacial score (nSPS) is 20.1. The Hall–Kier alpha value is -2.40. The first-order valence-corrected chi connectivity index (χ1v) is 6.68. The largest absolute Gasteiger partial charge is 0.398 e. The summed E-state index contributed by atoms with van der Waals surface area (Å²) in [7, 11) is 0. The molecular weight excluding hydrogens is 271 g/mol. The van der Waals surface area contributed by atoms with Gasteiger partial charge in [-0.25, -0.2) is 4.39 Å². The first-order chi connectivity index (χ1) is 10.1. The van der Waals surface area contributed by atoms with Crippen LogP contribution in [0.3, 0.4) is 0 Å². The minimum Gasteiger partial charge on any atom is -0.398 e. The van der Waals surface area contributed by atoms with E-state index in [0.717, 1.165) is 17.2 Å². The molecule has 2 aromatic rings. The van der Waals surface area contributed by atoms with Crippen LogP contribution in [0.5, 0.6) is 0 Å². The lowest BCUT2D eigenvalue weighted by Gasteiger charge is -2.18. The van der Waals surface area contributed by atoms with Crippen LogP contribution < -0.4 is 11.1 Å². The number of rotatable bonds is 2. The van der Waals surface area contributed by atoms with Gasteiger partial charge in [-0.2, -0.15) is 0 Å². The Kier molecular flexibility index (Phi) is 3.35. The lowest BCUT2D eigenvalue weighted by atomic mass is 10.1. The summed E-state index contributed by atoms with van der Waals surface area (Å²) in [5.41, 5.74) is 7.86. The van der Waals surface area contributed by atoms with E-state index in [9.17, 15) is 14.3 Å². The Morgan fingerprint density at radius 1 is 1.29 bits per heavy atom. The average molecular weight is 286 g/mol. The van der Waals surface area contributed by atoms with Gasteiger partial charge in [0, 0.05) is 12.1 Å². The predicted molar refractivity (Wildman–Crippen MR) is 77.2 cm³/mol. The number of anilines is 1. The third kappa shape index (κ3) is 2.48. The molecule has 0 unspecified atom stereocenters. The van der Waals surface area contributed by atoms with Gasteiger partial charge in [0.05, 0.1) is 17.7 Å². The molecule has 0 aliphatic heterocycles. The van der Waals surface area contributed by atoms with Gasteiger partial charge in [-0.05, 0) is 29.3 Å². The van der Waals surface area contributed by atoms with Gasteiger partial charge in [-0.1, -0.05) is 24.3 Å². The van der Waals surface area contributed by atoms with E-state index >= 15 is 0 Å². The Balaban J connectivity index is 1.85. The molecule has 0 heterocycles. The number of aliphatic hydroxyl groups is 1. The second kappa shape index (κ2) is 5.18. The minimum absolute atomic E-state index is 0.0771. The van der Waals surface area contributed by atoms with Crippen molar-refractivity contribution in [2.24, 2.45) is 0 Å². The first-order valence-electron chi connectivity index (χ1n) is 6.68. The Bertz CT molecular complexity index is 702. The molecule has 0 aromatic heterocycles. The van der Waals surface area contributed by atoms with Gasteiger partial charge in [0.25, 0.3) is 5.91 Å². The van der Waals surface area contributed by atoms with Crippen molar-refractivity contribution < 1.29 is 14.3 Å². The van der Waals surface area contributed by atoms with Crippen LogP contribution in [0.15, 0.2) is 42.5 Å². The summed E-state index contributed by atoms with van der Waals surface area (Å²) in [6.07, 6.45) is -0.173. The van der Waals surface area contributed by atoms with Crippen LogP contribution in [0.4, 0.5) is 10.1 Å². The number of nitrogens with two attached hydrogens (primary N) is 1. The highest BCUT2D eigenvalue weighted by molar-refractivity contribution is 5.99. The molecule has 0 fully saturated rings. The monoisotopic (exact) mass is 286 g/mol. The first kappa shape index (κ1) is 13.6. The zero-order valence-corrected chi connectivity index (χ0v) is 11.2. The summed E-state index contributed by atoms with van der Waals surface area (Å²) < 4.78 is 13.0. The van der Waals surface area contributed by atoms with E-state index in [-0.39, 0.29) is 11.3 Å². The molecule has 4 N–H and O–H groups in total. The lowest BCUT2D eigenvalue weighted by Crippen LogP contribution is -2.34. The zero-order valence-electron chi connectivity index (χ0n) is 11.2. The van der Waals surface area contributed by atoms with Crippen molar-refractivity contribution in [1.29, 1.82) is 0 Å². The van der Waals surface area contributed by atoms with Gasteiger partial charge in [-0.3, -0.25) is 4.79 Å². The fourth-order valence-electron chi connectivity index (χ4n) is 2.71. The fraction of sp³-hybridized carbons (Fsp3) is 0.188. The number of carbonyl (C=O) groups excluding carboxylic acids is 1. The van der Waals surface area contributed by atoms with Crippen molar-refractivity contribution in [3.63, 3.8) is 0 Å². The quantitative estimate of drug-likeness (QED) is 0.737. The average Bonchev–Trinajstić information content (AvgIpc) is 2.75. The molecule has 0 radical (unpaired) electrons. The second-order valence-electron chi connectivity index (χ2n) is 5.15. The summed E-state index contributed by atoms with van der Waals surface area (Å²) in [6.45, 7) is 0. The van der Waals surface area contributed by atoms with Crippen LogP contribution in [-0.2, 0) is 6.42 Å². The van der Waals surface area contributed by atoms with E-state index in [2.05, 4.69) is 5.32 Å². The van der Waals surface area contributed by atoms with Gasteiger partial charge in [0.1, 0.15) is 5.82 Å². The van der Waals surface area contributed by atoms with E-state index in [0.29, 0.717) is 6.42 Å². The number of halogens is 1. The van der Waals surface area contributed by atoms with E-state index in [4.69, 9.17) is 5.73 Å². The number of hydrogen-bond acceptors (Lipinski definition) is 3. The molecule has 108 valence electrons. The third-order valence-corrected chi connectivity index (χ3v) is 3.75. The number of nitrogens with one attached hydrogen (secondary N) is 1. The number of carbonyl (C=O) groups is 1.